The van der Waals surface area contributed by atoms with Crippen molar-refractivity contribution in [3.8, 4) is 5.75 Å². The normalized spacial score (nSPS) is 13.7. The molecule has 0 bridgehead atoms. The second-order valence-electron chi connectivity index (χ2n) is 6.79. The molecule has 0 heterocycles. The molecule has 160 valence electrons. The van der Waals surface area contributed by atoms with E-state index in [1.807, 2.05) is 0 Å². The summed E-state index contributed by atoms with van der Waals surface area (Å²) < 4.78 is 33.5. The van der Waals surface area contributed by atoms with E-state index in [0.717, 1.165) is 35.7 Å². The number of anilines is 1. The summed E-state index contributed by atoms with van der Waals surface area (Å²) >= 11 is 5.91. The molecular formula is C21H24ClN3O4S. The SMILES string of the molecule is CCOc1ccccc1N(CC(=O)NN=C1CCCC1)S(=O)(=O)c1ccc(Cl)cc1. The molecule has 30 heavy (non-hydrogen) atoms. The number of hydrogen-bond donors (Lipinski definition) is 1. The number of carbonyl (C=O) groups is 1. The zero-order valence-electron chi connectivity index (χ0n) is 16.7. The standard InChI is InChI=1S/C21H24ClN3O4S/c1-2-29-20-10-6-5-9-19(20)25(15-21(26)24-23-17-7-3-4-8-17)30(27,28)18-13-11-16(22)12-14-18/h5-6,9-14H,2-4,7-8,15H2,1H3,(H,24,26). The molecule has 0 radical (unpaired) electrons. The van der Waals surface area contributed by atoms with E-state index >= 15 is 0 Å². The Morgan fingerprint density at radius 2 is 1.80 bits per heavy atom. The van der Waals surface area contributed by atoms with Crippen LogP contribution in [0, 0.1) is 0 Å². The van der Waals surface area contributed by atoms with E-state index < -0.39 is 22.5 Å². The molecule has 1 amide bonds. The Morgan fingerprint density at radius 3 is 2.47 bits per heavy atom. The summed E-state index contributed by atoms with van der Waals surface area (Å²) in [5.74, 6) is -0.161. The molecule has 1 fully saturated rings. The zero-order valence-corrected chi connectivity index (χ0v) is 18.2. The molecule has 2 aromatic rings. The van der Waals surface area contributed by atoms with Gasteiger partial charge in [0, 0.05) is 10.7 Å². The maximum Gasteiger partial charge on any atom is 0.264 e. The summed E-state index contributed by atoms with van der Waals surface area (Å²) in [4.78, 5) is 12.6. The van der Waals surface area contributed by atoms with E-state index in [4.69, 9.17) is 16.3 Å². The summed E-state index contributed by atoms with van der Waals surface area (Å²) in [6.45, 7) is 1.72. The number of carbonyl (C=O) groups excluding carboxylic acids is 1. The number of benzene rings is 2. The number of para-hydroxylation sites is 2. The van der Waals surface area contributed by atoms with Crippen molar-refractivity contribution in [2.75, 3.05) is 17.5 Å². The summed E-state index contributed by atoms with van der Waals surface area (Å²) in [6.07, 6.45) is 3.79. The van der Waals surface area contributed by atoms with Gasteiger partial charge in [-0.2, -0.15) is 5.10 Å². The average Bonchev–Trinajstić information content (AvgIpc) is 3.25. The van der Waals surface area contributed by atoms with Gasteiger partial charge in [-0.3, -0.25) is 9.10 Å². The molecule has 3 rings (SSSR count). The molecule has 9 heteroatoms. The molecule has 1 aliphatic carbocycles. The van der Waals surface area contributed by atoms with E-state index in [0.29, 0.717) is 17.4 Å². The number of halogens is 1. The molecule has 0 atom stereocenters. The maximum atomic E-state index is 13.4. The first-order valence-electron chi connectivity index (χ1n) is 9.76. The highest BCUT2D eigenvalue weighted by atomic mass is 35.5. The quantitative estimate of drug-likeness (QED) is 0.617. The number of hydrazone groups is 1. The molecule has 7 nitrogen and oxygen atoms in total. The minimum atomic E-state index is -4.06. The van der Waals surface area contributed by atoms with Crippen LogP contribution in [0.2, 0.25) is 5.02 Å². The summed E-state index contributed by atoms with van der Waals surface area (Å²) in [5.41, 5.74) is 3.69. The molecular weight excluding hydrogens is 426 g/mol. The van der Waals surface area contributed by atoms with Crippen LogP contribution in [0.1, 0.15) is 32.6 Å². The lowest BCUT2D eigenvalue weighted by Gasteiger charge is -2.25. The van der Waals surface area contributed by atoms with E-state index in [1.165, 1.54) is 24.3 Å². The van der Waals surface area contributed by atoms with Crippen molar-refractivity contribution in [3.05, 3.63) is 53.6 Å². The Balaban J connectivity index is 1.95. The first kappa shape index (κ1) is 22.1. The summed E-state index contributed by atoms with van der Waals surface area (Å²) in [7, 11) is -4.06. The van der Waals surface area contributed by atoms with Gasteiger partial charge in [0.05, 0.1) is 17.2 Å². The fourth-order valence-electron chi connectivity index (χ4n) is 3.18. The third kappa shape index (κ3) is 5.31. The van der Waals surface area contributed by atoms with Gasteiger partial charge in [-0.1, -0.05) is 23.7 Å². The fraction of sp³-hybridized carbons (Fsp3) is 0.333. The van der Waals surface area contributed by atoms with E-state index in [9.17, 15) is 13.2 Å². The number of nitrogens with one attached hydrogen (secondary N) is 1. The summed E-state index contributed by atoms with van der Waals surface area (Å²) in [5, 5.41) is 4.56. The van der Waals surface area contributed by atoms with Crippen LogP contribution >= 0.6 is 11.6 Å². The van der Waals surface area contributed by atoms with Crippen LogP contribution in [-0.2, 0) is 14.8 Å². The van der Waals surface area contributed by atoms with Crippen LogP contribution in [0.25, 0.3) is 0 Å². The Bertz CT molecular complexity index is 1010. The molecule has 0 aromatic heterocycles. The highest BCUT2D eigenvalue weighted by Gasteiger charge is 2.29. The number of rotatable bonds is 8. The van der Waals surface area contributed by atoms with Crippen molar-refractivity contribution in [1.29, 1.82) is 0 Å². The van der Waals surface area contributed by atoms with Gasteiger partial charge in [-0.15, -0.1) is 0 Å². The molecule has 1 N–H and O–H groups in total. The lowest BCUT2D eigenvalue weighted by molar-refractivity contribution is -0.119. The third-order valence-electron chi connectivity index (χ3n) is 4.64. The second kappa shape index (κ2) is 9.95. The van der Waals surface area contributed by atoms with Crippen LogP contribution in [0.3, 0.4) is 0 Å². The smallest absolute Gasteiger partial charge is 0.264 e. The number of sulfonamides is 1. The second-order valence-corrected chi connectivity index (χ2v) is 9.09. The Labute approximate surface area is 181 Å². The lowest BCUT2D eigenvalue weighted by Crippen LogP contribution is -2.40. The van der Waals surface area contributed by atoms with E-state index in [-0.39, 0.29) is 10.6 Å². The number of nitrogens with zero attached hydrogens (tertiary/aromatic N) is 2. The minimum absolute atomic E-state index is 0.0214. The topological polar surface area (TPSA) is 88.1 Å². The van der Waals surface area contributed by atoms with Crippen molar-refractivity contribution < 1.29 is 17.9 Å². The number of amides is 1. The first-order valence-corrected chi connectivity index (χ1v) is 11.6. The monoisotopic (exact) mass is 449 g/mol. The average molecular weight is 450 g/mol. The van der Waals surface area contributed by atoms with Gasteiger partial charge in [0.15, 0.2) is 0 Å². The molecule has 0 aliphatic heterocycles. The van der Waals surface area contributed by atoms with E-state index in [2.05, 4.69) is 10.5 Å². The van der Waals surface area contributed by atoms with Crippen molar-refractivity contribution in [1.82, 2.24) is 5.43 Å². The molecule has 2 aromatic carbocycles. The first-order chi connectivity index (χ1) is 14.4. The van der Waals surface area contributed by atoms with Gasteiger partial charge in [0.2, 0.25) is 0 Å². The molecule has 0 saturated heterocycles. The lowest BCUT2D eigenvalue weighted by atomic mass is 10.3. The van der Waals surface area contributed by atoms with E-state index in [1.54, 1.807) is 31.2 Å². The molecule has 0 unspecified atom stereocenters. The summed E-state index contributed by atoms with van der Waals surface area (Å²) in [6, 6.07) is 12.5. The highest BCUT2D eigenvalue weighted by Crippen LogP contribution is 2.32. The largest absolute Gasteiger partial charge is 0.492 e. The Hall–Kier alpha value is -2.58. The maximum absolute atomic E-state index is 13.4. The predicted octanol–water partition coefficient (Wildman–Crippen LogP) is 3.98. The van der Waals surface area contributed by atoms with Crippen molar-refractivity contribution in [2.24, 2.45) is 5.10 Å². The Morgan fingerprint density at radius 1 is 1.13 bits per heavy atom. The highest BCUT2D eigenvalue weighted by molar-refractivity contribution is 7.92. The molecule has 0 spiro atoms. The van der Waals surface area contributed by atoms with Crippen molar-refractivity contribution in [2.45, 2.75) is 37.5 Å². The van der Waals surface area contributed by atoms with Crippen molar-refractivity contribution >= 4 is 38.9 Å². The van der Waals surface area contributed by atoms with Gasteiger partial charge in [0.25, 0.3) is 15.9 Å². The van der Waals surface area contributed by atoms with Crippen LogP contribution in [0.15, 0.2) is 58.5 Å². The van der Waals surface area contributed by atoms with Crippen molar-refractivity contribution in [3.63, 3.8) is 0 Å². The van der Waals surface area contributed by atoms with Gasteiger partial charge < -0.3 is 4.74 Å². The van der Waals surface area contributed by atoms with Gasteiger partial charge in [0.1, 0.15) is 12.3 Å². The minimum Gasteiger partial charge on any atom is -0.492 e. The zero-order chi connectivity index (χ0) is 21.6. The van der Waals surface area contributed by atoms with Gasteiger partial charge in [-0.05, 0) is 69.0 Å². The number of ether oxygens (including phenoxy) is 1. The van der Waals surface area contributed by atoms with Crippen LogP contribution < -0.4 is 14.5 Å². The Kier molecular flexibility index (Phi) is 7.33. The molecule has 1 saturated carbocycles. The number of hydrogen-bond acceptors (Lipinski definition) is 5. The van der Waals surface area contributed by atoms with Gasteiger partial charge in [-0.25, -0.2) is 13.8 Å². The van der Waals surface area contributed by atoms with Gasteiger partial charge >= 0.3 is 0 Å². The third-order valence-corrected chi connectivity index (χ3v) is 6.67. The fourth-order valence-corrected chi connectivity index (χ4v) is 4.73. The van der Waals surface area contributed by atoms with Crippen LogP contribution in [0.4, 0.5) is 5.69 Å². The van der Waals surface area contributed by atoms with Crippen LogP contribution in [0.5, 0.6) is 5.75 Å². The molecule has 1 aliphatic rings. The predicted molar refractivity (Wildman–Crippen MR) is 118 cm³/mol. The van der Waals surface area contributed by atoms with Crippen LogP contribution in [-0.4, -0.2) is 33.2 Å².